The molecule has 18 heavy (non-hydrogen) atoms. The molecule has 2 aromatic rings. The van der Waals surface area contributed by atoms with Gasteiger partial charge >= 0.3 is 0 Å². The van der Waals surface area contributed by atoms with Crippen LogP contribution in [-0.2, 0) is 0 Å². The zero-order valence-corrected chi connectivity index (χ0v) is 10.00. The van der Waals surface area contributed by atoms with Gasteiger partial charge in [-0.15, -0.1) is 0 Å². The van der Waals surface area contributed by atoms with Crippen LogP contribution < -0.4 is 11.5 Å². The van der Waals surface area contributed by atoms with Crippen LogP contribution in [0.1, 0.15) is 16.1 Å². The second-order valence-corrected chi connectivity index (χ2v) is 3.91. The van der Waals surface area contributed by atoms with Crippen LogP contribution in [0.25, 0.3) is 5.69 Å². The van der Waals surface area contributed by atoms with Crippen LogP contribution >= 0.6 is 0 Å². The highest BCUT2D eigenvalue weighted by atomic mass is 16.1. The van der Waals surface area contributed by atoms with E-state index < -0.39 is 5.91 Å². The Labute approximate surface area is 105 Å². The Morgan fingerprint density at radius 2 is 2.00 bits per heavy atom. The number of amides is 1. The second kappa shape index (κ2) is 4.75. The van der Waals surface area contributed by atoms with Gasteiger partial charge in [-0.3, -0.25) is 4.79 Å². The second-order valence-electron chi connectivity index (χ2n) is 3.91. The third-order valence-electron chi connectivity index (χ3n) is 2.55. The summed E-state index contributed by atoms with van der Waals surface area (Å²) in [5, 5.41) is 0. The summed E-state index contributed by atoms with van der Waals surface area (Å²) in [5.41, 5.74) is 12.8. The normalized spacial score (nSPS) is 10.1. The molecule has 0 spiro atoms. The van der Waals surface area contributed by atoms with Crippen LogP contribution in [0.2, 0.25) is 0 Å². The number of aliphatic imine (C=N–C) groups is 1. The van der Waals surface area contributed by atoms with E-state index in [1.165, 1.54) is 0 Å². The summed E-state index contributed by atoms with van der Waals surface area (Å²) in [4.78, 5) is 15.2. The van der Waals surface area contributed by atoms with Gasteiger partial charge in [0.1, 0.15) is 0 Å². The maximum atomic E-state index is 11.7. The minimum atomic E-state index is -0.443. The number of hydrogen-bond acceptors (Lipinski definition) is 1. The van der Waals surface area contributed by atoms with Gasteiger partial charge < -0.3 is 16.0 Å². The number of aryl methyl sites for hydroxylation is 1. The van der Waals surface area contributed by atoms with Crippen molar-refractivity contribution in [2.45, 2.75) is 6.92 Å². The number of aromatic nitrogens is 1. The average Bonchev–Trinajstić information content (AvgIpc) is 2.75. The lowest BCUT2D eigenvalue weighted by Crippen LogP contribution is -2.24. The van der Waals surface area contributed by atoms with Gasteiger partial charge in [-0.2, -0.15) is 4.99 Å². The molecule has 0 atom stereocenters. The van der Waals surface area contributed by atoms with Crippen molar-refractivity contribution in [3.8, 4) is 5.69 Å². The number of nitrogens with zero attached hydrogens (tertiary/aromatic N) is 2. The molecule has 0 radical (unpaired) electrons. The van der Waals surface area contributed by atoms with Crippen molar-refractivity contribution >= 4 is 11.9 Å². The van der Waals surface area contributed by atoms with Gasteiger partial charge in [-0.05, 0) is 37.3 Å². The van der Waals surface area contributed by atoms with Crippen LogP contribution in [0.5, 0.6) is 0 Å². The molecule has 1 amide bonds. The lowest BCUT2D eigenvalue weighted by molar-refractivity contribution is 0.100. The summed E-state index contributed by atoms with van der Waals surface area (Å²) in [5.74, 6) is -0.677. The summed E-state index contributed by atoms with van der Waals surface area (Å²) in [6, 6.07) is 11.1. The molecule has 1 heterocycles. The van der Waals surface area contributed by atoms with Gasteiger partial charge in [0.2, 0.25) is 0 Å². The third-order valence-corrected chi connectivity index (χ3v) is 2.55. The van der Waals surface area contributed by atoms with Gasteiger partial charge in [-0.25, -0.2) is 0 Å². The fourth-order valence-electron chi connectivity index (χ4n) is 1.73. The van der Waals surface area contributed by atoms with Gasteiger partial charge in [0.25, 0.3) is 5.91 Å². The molecule has 0 unspecified atom stereocenters. The fourth-order valence-corrected chi connectivity index (χ4v) is 1.73. The van der Waals surface area contributed by atoms with Crippen LogP contribution in [-0.4, -0.2) is 16.4 Å². The van der Waals surface area contributed by atoms with Crippen molar-refractivity contribution < 1.29 is 4.79 Å². The highest BCUT2D eigenvalue weighted by Gasteiger charge is 2.06. The van der Waals surface area contributed by atoms with E-state index >= 15 is 0 Å². The number of benzene rings is 1. The van der Waals surface area contributed by atoms with Crippen molar-refractivity contribution in [2.75, 3.05) is 0 Å². The number of nitrogens with two attached hydrogens (primary N) is 2. The van der Waals surface area contributed by atoms with Crippen molar-refractivity contribution in [2.24, 2.45) is 16.5 Å². The minimum Gasteiger partial charge on any atom is -0.370 e. The third kappa shape index (κ3) is 2.40. The molecule has 5 nitrogen and oxygen atoms in total. The lowest BCUT2D eigenvalue weighted by Gasteiger charge is -2.07. The molecule has 1 aromatic heterocycles. The Morgan fingerprint density at radius 1 is 1.22 bits per heavy atom. The molecule has 2 rings (SSSR count). The van der Waals surface area contributed by atoms with E-state index in [-0.39, 0.29) is 5.96 Å². The standard InChI is InChI=1S/C13H14N4O/c1-9-4-3-7-17(9)11-6-2-5-10(8-11)12(18)16-13(14)15/h2-8H,1H3,(H4,14,15,16,18). The maximum absolute atomic E-state index is 11.7. The van der Waals surface area contributed by atoms with Gasteiger partial charge in [0.05, 0.1) is 0 Å². The molecule has 0 bridgehead atoms. The van der Waals surface area contributed by atoms with E-state index in [1.807, 2.05) is 35.9 Å². The first-order chi connectivity index (χ1) is 8.58. The Kier molecular flexibility index (Phi) is 3.14. The van der Waals surface area contributed by atoms with E-state index in [9.17, 15) is 4.79 Å². The van der Waals surface area contributed by atoms with E-state index in [1.54, 1.807) is 18.2 Å². The molecule has 0 aliphatic carbocycles. The highest BCUT2D eigenvalue weighted by Crippen LogP contribution is 2.14. The first kappa shape index (κ1) is 11.9. The predicted molar refractivity (Wildman–Crippen MR) is 70.6 cm³/mol. The van der Waals surface area contributed by atoms with Gasteiger partial charge in [0, 0.05) is 23.1 Å². The smallest absolute Gasteiger partial charge is 0.280 e. The van der Waals surface area contributed by atoms with E-state index in [0.717, 1.165) is 11.4 Å². The fraction of sp³-hybridized carbons (Fsp3) is 0.0769. The monoisotopic (exact) mass is 242 g/mol. The summed E-state index contributed by atoms with van der Waals surface area (Å²) in [6.07, 6.45) is 1.93. The quantitative estimate of drug-likeness (QED) is 0.612. The Balaban J connectivity index is 2.40. The maximum Gasteiger partial charge on any atom is 0.280 e. The SMILES string of the molecule is Cc1cccn1-c1cccc(C(=O)N=C(N)N)c1. The molecular formula is C13H14N4O. The van der Waals surface area contributed by atoms with Crippen LogP contribution in [0.3, 0.4) is 0 Å². The molecule has 92 valence electrons. The average molecular weight is 242 g/mol. The summed E-state index contributed by atoms with van der Waals surface area (Å²) in [6.45, 7) is 1.99. The Morgan fingerprint density at radius 3 is 2.61 bits per heavy atom. The number of hydrogen-bond donors (Lipinski definition) is 2. The first-order valence-corrected chi connectivity index (χ1v) is 5.46. The zero-order chi connectivity index (χ0) is 13.1. The number of guanidine groups is 1. The zero-order valence-electron chi connectivity index (χ0n) is 10.00. The largest absolute Gasteiger partial charge is 0.370 e. The van der Waals surface area contributed by atoms with Crippen molar-refractivity contribution in [1.82, 2.24) is 4.57 Å². The van der Waals surface area contributed by atoms with E-state index in [4.69, 9.17) is 11.5 Å². The molecule has 0 saturated carbocycles. The van der Waals surface area contributed by atoms with Crippen LogP contribution in [0.4, 0.5) is 0 Å². The summed E-state index contributed by atoms with van der Waals surface area (Å²) >= 11 is 0. The molecule has 1 aromatic carbocycles. The Hall–Kier alpha value is -2.56. The number of carbonyl (C=O) groups is 1. The first-order valence-electron chi connectivity index (χ1n) is 5.46. The summed E-state index contributed by atoms with van der Waals surface area (Å²) < 4.78 is 1.98. The van der Waals surface area contributed by atoms with Gasteiger partial charge in [0.15, 0.2) is 5.96 Å². The molecule has 0 aliphatic heterocycles. The molecule has 0 fully saturated rings. The van der Waals surface area contributed by atoms with Crippen molar-refractivity contribution in [1.29, 1.82) is 0 Å². The highest BCUT2D eigenvalue weighted by molar-refractivity contribution is 6.02. The molecule has 0 saturated heterocycles. The van der Waals surface area contributed by atoms with E-state index in [2.05, 4.69) is 4.99 Å². The molecule has 5 heteroatoms. The van der Waals surface area contributed by atoms with Crippen LogP contribution in [0, 0.1) is 6.92 Å². The lowest BCUT2D eigenvalue weighted by atomic mass is 10.2. The van der Waals surface area contributed by atoms with Crippen molar-refractivity contribution in [3.63, 3.8) is 0 Å². The van der Waals surface area contributed by atoms with Gasteiger partial charge in [-0.1, -0.05) is 6.07 Å². The number of carbonyl (C=O) groups excluding carboxylic acids is 1. The Bertz CT molecular complexity index is 609. The molecule has 0 aliphatic rings. The number of rotatable bonds is 2. The van der Waals surface area contributed by atoms with Crippen LogP contribution in [0.15, 0.2) is 47.6 Å². The predicted octanol–water partition coefficient (Wildman–Crippen LogP) is 1.20. The van der Waals surface area contributed by atoms with E-state index in [0.29, 0.717) is 5.56 Å². The molecule has 4 N–H and O–H groups in total. The molecular weight excluding hydrogens is 228 g/mol. The summed E-state index contributed by atoms with van der Waals surface area (Å²) in [7, 11) is 0. The topological polar surface area (TPSA) is 86.4 Å². The minimum absolute atomic E-state index is 0.234. The van der Waals surface area contributed by atoms with Crippen molar-refractivity contribution in [3.05, 3.63) is 53.9 Å².